The predicted octanol–water partition coefficient (Wildman–Crippen LogP) is 6.28. The van der Waals surface area contributed by atoms with Gasteiger partial charge in [-0.15, -0.1) is 11.3 Å². The summed E-state index contributed by atoms with van der Waals surface area (Å²) in [6.07, 6.45) is -4.78. The van der Waals surface area contributed by atoms with Gasteiger partial charge in [0.15, 0.2) is 11.7 Å². The molecule has 0 unspecified atom stereocenters. The van der Waals surface area contributed by atoms with Crippen LogP contribution in [0.1, 0.15) is 33.9 Å². The lowest BCUT2D eigenvalue weighted by molar-refractivity contribution is -0.173. The number of alkyl halides is 3. The fourth-order valence-corrected chi connectivity index (χ4v) is 4.89. The highest BCUT2D eigenvalue weighted by molar-refractivity contribution is 9.10. The van der Waals surface area contributed by atoms with E-state index in [0.29, 0.717) is 10.8 Å². The molecule has 1 aliphatic heterocycles. The summed E-state index contributed by atoms with van der Waals surface area (Å²) in [4.78, 5) is 13.6. The molecule has 4 rings (SSSR count). The molecule has 0 spiro atoms. The second-order valence-electron chi connectivity index (χ2n) is 6.76. The Morgan fingerprint density at radius 2 is 2.19 bits per heavy atom. The Labute approximate surface area is 192 Å². The van der Waals surface area contributed by atoms with Gasteiger partial charge in [0.2, 0.25) is 0 Å². The lowest BCUT2D eigenvalue weighted by Crippen LogP contribution is -2.35. The largest absolute Gasteiger partial charge is 0.495 e. The molecule has 0 saturated heterocycles. The van der Waals surface area contributed by atoms with Crippen molar-refractivity contribution in [3.05, 3.63) is 55.8 Å². The van der Waals surface area contributed by atoms with Crippen LogP contribution in [0.15, 0.2) is 40.2 Å². The summed E-state index contributed by atoms with van der Waals surface area (Å²) in [5, 5.41) is 11.8. The molecule has 3 heterocycles. The fourth-order valence-electron chi connectivity index (χ4n) is 3.37. The van der Waals surface area contributed by atoms with Crippen LogP contribution in [0.3, 0.4) is 0 Å². The molecule has 0 fully saturated rings. The summed E-state index contributed by atoms with van der Waals surface area (Å²) >= 11 is 10.6. The smallest absolute Gasteiger partial charge is 0.410 e. The van der Waals surface area contributed by atoms with E-state index in [1.807, 2.05) is 0 Å². The Bertz CT molecular complexity index is 1120. The molecule has 6 nitrogen and oxygen atoms in total. The monoisotopic (exact) mass is 534 g/mol. The van der Waals surface area contributed by atoms with Gasteiger partial charge in [0.25, 0.3) is 5.91 Å². The zero-order chi connectivity index (χ0) is 22.3. The van der Waals surface area contributed by atoms with Gasteiger partial charge in [0.1, 0.15) is 11.6 Å². The number of thiophene rings is 1. The van der Waals surface area contributed by atoms with E-state index in [9.17, 15) is 18.0 Å². The lowest BCUT2D eigenvalue weighted by Gasteiger charge is -2.33. The summed E-state index contributed by atoms with van der Waals surface area (Å²) in [7, 11) is 1.42. The first-order valence-corrected chi connectivity index (χ1v) is 11.0. The van der Waals surface area contributed by atoms with E-state index >= 15 is 0 Å². The Kier molecular flexibility index (Phi) is 5.93. The summed E-state index contributed by atoms with van der Waals surface area (Å²) in [6, 6.07) is 5.75. The van der Waals surface area contributed by atoms with E-state index < -0.39 is 24.2 Å². The summed E-state index contributed by atoms with van der Waals surface area (Å²) in [5.74, 6) is -0.262. The third-order valence-corrected chi connectivity index (χ3v) is 6.78. The maximum absolute atomic E-state index is 13.8. The summed E-state index contributed by atoms with van der Waals surface area (Å²) in [5.41, 5.74) is 0.0836. The number of ether oxygens (including phenoxy) is 1. The number of hydrogen-bond donors (Lipinski definition) is 2. The van der Waals surface area contributed by atoms with E-state index in [1.54, 1.807) is 29.6 Å². The molecule has 0 radical (unpaired) electrons. The van der Waals surface area contributed by atoms with Crippen molar-refractivity contribution >= 4 is 56.3 Å². The number of carbonyl (C=O) groups excluding carboxylic acids is 1. The molecule has 12 heteroatoms. The number of hydrogen-bond acceptors (Lipinski definition) is 5. The maximum atomic E-state index is 13.8. The maximum Gasteiger partial charge on any atom is 0.410 e. The van der Waals surface area contributed by atoms with Crippen molar-refractivity contribution in [2.75, 3.05) is 17.7 Å². The van der Waals surface area contributed by atoms with Crippen molar-refractivity contribution in [2.24, 2.45) is 0 Å². The molecule has 3 aromatic rings. The highest BCUT2D eigenvalue weighted by Crippen LogP contribution is 2.47. The van der Waals surface area contributed by atoms with Gasteiger partial charge in [0.05, 0.1) is 23.3 Å². The minimum atomic E-state index is -4.54. The number of aromatic nitrogens is 2. The third-order valence-electron chi connectivity index (χ3n) is 4.81. The normalized spacial score (nSPS) is 18.3. The number of amides is 1. The number of rotatable bonds is 4. The average Bonchev–Trinajstić information content (AvgIpc) is 3.35. The van der Waals surface area contributed by atoms with Crippen molar-refractivity contribution in [3.8, 4) is 5.75 Å². The first-order chi connectivity index (χ1) is 14.7. The number of anilines is 2. The number of fused-ring (bicyclic) bond motifs is 1. The first-order valence-electron chi connectivity index (χ1n) is 8.98. The van der Waals surface area contributed by atoms with Gasteiger partial charge in [-0.2, -0.15) is 18.3 Å². The number of halogens is 5. The van der Waals surface area contributed by atoms with Crippen LogP contribution in [0.25, 0.3) is 0 Å². The van der Waals surface area contributed by atoms with Gasteiger partial charge in [-0.3, -0.25) is 4.79 Å². The van der Waals surface area contributed by atoms with Crippen LogP contribution < -0.4 is 15.4 Å². The lowest BCUT2D eigenvalue weighted by atomic mass is 10.0. The van der Waals surface area contributed by atoms with Gasteiger partial charge in [-0.05, 0) is 45.6 Å². The van der Waals surface area contributed by atoms with Crippen LogP contribution in [-0.4, -0.2) is 29.0 Å². The van der Waals surface area contributed by atoms with Gasteiger partial charge >= 0.3 is 6.18 Å². The summed E-state index contributed by atoms with van der Waals surface area (Å²) < 4.78 is 47.7. The molecule has 1 aromatic carbocycles. The first kappa shape index (κ1) is 22.0. The van der Waals surface area contributed by atoms with Gasteiger partial charge < -0.3 is 15.4 Å². The third kappa shape index (κ3) is 4.26. The molecule has 1 aliphatic rings. The Balaban J connectivity index is 1.71. The molecule has 0 saturated carbocycles. The van der Waals surface area contributed by atoms with Crippen LogP contribution in [0.4, 0.5) is 24.7 Å². The number of benzene rings is 1. The molecular weight excluding hydrogens is 521 g/mol. The SMILES string of the molecule is COc1ccc(Cl)cc1NC(=O)c1nn2c(c1Br)N[C@H](c1cccs1)C[C@H]2C(F)(F)F. The zero-order valence-electron chi connectivity index (χ0n) is 15.8. The molecule has 0 bridgehead atoms. The molecule has 2 atom stereocenters. The standard InChI is InChI=1S/C19H15BrClF3N4O2S/c1-30-12-5-4-9(21)7-10(12)26-18(29)16-15(20)17-25-11(13-3-2-6-31-13)8-14(19(22,23)24)28(17)27-16/h2-7,11,14,25H,8H2,1H3,(H,26,29)/t11-,14-/m0/s1. The predicted molar refractivity (Wildman–Crippen MR) is 116 cm³/mol. The molecule has 2 aromatic heterocycles. The van der Waals surface area contributed by atoms with Gasteiger partial charge in [0, 0.05) is 16.3 Å². The average molecular weight is 536 g/mol. The van der Waals surface area contributed by atoms with E-state index in [0.717, 1.165) is 9.56 Å². The Hall–Kier alpha value is -2.24. The van der Waals surface area contributed by atoms with Crippen molar-refractivity contribution in [1.29, 1.82) is 0 Å². The van der Waals surface area contributed by atoms with Crippen molar-refractivity contribution in [1.82, 2.24) is 9.78 Å². The molecule has 0 aliphatic carbocycles. The van der Waals surface area contributed by atoms with Crippen molar-refractivity contribution in [2.45, 2.75) is 24.7 Å². The topological polar surface area (TPSA) is 68.2 Å². The van der Waals surface area contributed by atoms with Crippen LogP contribution in [0.5, 0.6) is 5.75 Å². The fraction of sp³-hybridized carbons (Fsp3) is 0.263. The van der Waals surface area contributed by atoms with E-state index in [-0.39, 0.29) is 28.1 Å². The van der Waals surface area contributed by atoms with Gasteiger partial charge in [-0.1, -0.05) is 17.7 Å². The van der Waals surface area contributed by atoms with Gasteiger partial charge in [-0.25, -0.2) is 4.68 Å². The Morgan fingerprint density at radius 1 is 1.42 bits per heavy atom. The molecule has 31 heavy (non-hydrogen) atoms. The Morgan fingerprint density at radius 3 is 2.84 bits per heavy atom. The zero-order valence-corrected chi connectivity index (χ0v) is 19.0. The highest BCUT2D eigenvalue weighted by atomic mass is 79.9. The minimum Gasteiger partial charge on any atom is -0.495 e. The number of carbonyl (C=O) groups is 1. The van der Waals surface area contributed by atoms with Crippen LogP contribution in [0, 0.1) is 0 Å². The van der Waals surface area contributed by atoms with E-state index in [4.69, 9.17) is 16.3 Å². The molecule has 164 valence electrons. The van der Waals surface area contributed by atoms with E-state index in [2.05, 4.69) is 31.7 Å². The van der Waals surface area contributed by atoms with Crippen LogP contribution in [-0.2, 0) is 0 Å². The number of methoxy groups -OCH3 is 1. The summed E-state index contributed by atoms with van der Waals surface area (Å²) in [6.45, 7) is 0. The minimum absolute atomic E-state index is 0.0928. The molecular formula is C19H15BrClF3N4O2S. The number of nitrogens with one attached hydrogen (secondary N) is 2. The molecule has 2 N–H and O–H groups in total. The van der Waals surface area contributed by atoms with Crippen molar-refractivity contribution < 1.29 is 22.7 Å². The van der Waals surface area contributed by atoms with E-state index in [1.165, 1.54) is 24.5 Å². The highest BCUT2D eigenvalue weighted by Gasteiger charge is 2.48. The number of nitrogens with zero attached hydrogens (tertiary/aromatic N) is 2. The van der Waals surface area contributed by atoms with Crippen LogP contribution in [0.2, 0.25) is 5.02 Å². The van der Waals surface area contributed by atoms with Crippen molar-refractivity contribution in [3.63, 3.8) is 0 Å². The quantitative estimate of drug-likeness (QED) is 0.413. The molecule has 1 amide bonds. The second-order valence-corrected chi connectivity index (χ2v) is 8.97. The second kappa shape index (κ2) is 8.36. The van der Waals surface area contributed by atoms with Crippen LogP contribution >= 0.6 is 38.9 Å².